The second kappa shape index (κ2) is 19.6. The molecule has 0 spiro atoms. The Morgan fingerprint density at radius 1 is 0.673 bits per heavy atom. The van der Waals surface area contributed by atoms with Crippen LogP contribution in [0.25, 0.3) is 12.2 Å². The third-order valence-corrected chi connectivity index (χ3v) is 8.37. The maximum Gasteiger partial charge on any atom is 0.185 e. The van der Waals surface area contributed by atoms with Crippen molar-refractivity contribution in [2.24, 2.45) is 0 Å². The third kappa shape index (κ3) is 11.7. The summed E-state index contributed by atoms with van der Waals surface area (Å²) in [5, 5.41) is 39.2. The highest BCUT2D eigenvalue weighted by Crippen LogP contribution is 2.38. The molecule has 0 aliphatic rings. The number of hydrogen-bond acceptors (Lipinski definition) is 8. The quantitative estimate of drug-likeness (QED) is 0.0514. The van der Waals surface area contributed by atoms with E-state index >= 15 is 0 Å². The van der Waals surface area contributed by atoms with E-state index in [0.29, 0.717) is 42.3 Å². The van der Waals surface area contributed by atoms with Crippen molar-refractivity contribution < 1.29 is 39.5 Å². The molecule has 0 amide bonds. The van der Waals surface area contributed by atoms with Crippen LogP contribution in [0.2, 0.25) is 0 Å². The van der Waals surface area contributed by atoms with Crippen molar-refractivity contribution in [2.75, 3.05) is 13.2 Å². The number of allylic oxidation sites excluding steroid dienone is 3. The summed E-state index contributed by atoms with van der Waals surface area (Å²) in [6.07, 6.45) is 11.1. The highest BCUT2D eigenvalue weighted by atomic mass is 16.5. The zero-order valence-electron chi connectivity index (χ0n) is 30.7. The number of carbonyl (C=O) groups excluding carboxylic acids is 2. The van der Waals surface area contributed by atoms with Crippen molar-refractivity contribution in [3.8, 4) is 34.5 Å². The van der Waals surface area contributed by atoms with Crippen molar-refractivity contribution in [1.82, 2.24) is 0 Å². The maximum atomic E-state index is 12.4. The third-order valence-electron chi connectivity index (χ3n) is 8.37. The lowest BCUT2D eigenvalue weighted by Gasteiger charge is -2.25. The standard InChI is InChI=1S/C23H28O4.C21H22O4/c1-5-13-27-22-15-21(26)19(23(3,4)6-2)14-17(22)9-12-20(25)16-7-10-18(24)11-8-16;1-3-5-16-13-17(21(14-20(16)24)25-12-4-2)8-11-19(23)15-6-9-18(22)10-7-15/h7-12,14-15,24,26H,5-6,13H2,1-4H3;3,6-11,13-14,22,24H,1,4-5,12H2,2H3. The van der Waals surface area contributed by atoms with Gasteiger partial charge in [0.15, 0.2) is 11.6 Å². The molecule has 8 nitrogen and oxygen atoms in total. The molecule has 0 unspecified atom stereocenters. The SMILES string of the molecule is C=CCc1cc(C=CC(=O)c2ccc(O)cc2)c(OCCC)cc1O.CCCOc1cc(O)c(C(C)(C)CC)cc1C=CC(=O)c1ccc(O)cc1. The number of phenols is 4. The van der Waals surface area contributed by atoms with Crippen LogP contribution in [0.3, 0.4) is 0 Å². The van der Waals surface area contributed by atoms with E-state index in [9.17, 15) is 30.0 Å². The molecule has 0 saturated carbocycles. The van der Waals surface area contributed by atoms with E-state index in [4.69, 9.17) is 9.47 Å². The van der Waals surface area contributed by atoms with Crippen LogP contribution in [0.1, 0.15) is 96.9 Å². The highest BCUT2D eigenvalue weighted by molar-refractivity contribution is 6.07. The molecule has 0 aromatic heterocycles. The zero-order chi connectivity index (χ0) is 38.3. The molecular formula is C44H50O8. The minimum atomic E-state index is -0.197. The van der Waals surface area contributed by atoms with Gasteiger partial charge < -0.3 is 29.9 Å². The molecule has 4 aromatic rings. The van der Waals surface area contributed by atoms with E-state index < -0.39 is 0 Å². The maximum absolute atomic E-state index is 12.4. The first-order valence-electron chi connectivity index (χ1n) is 17.5. The number of ether oxygens (including phenoxy) is 2. The molecule has 0 radical (unpaired) electrons. The first-order valence-corrected chi connectivity index (χ1v) is 17.5. The number of ketones is 2. The average Bonchev–Trinajstić information content (AvgIpc) is 3.13. The molecule has 0 fully saturated rings. The summed E-state index contributed by atoms with van der Waals surface area (Å²) in [5.41, 5.74) is 3.79. The van der Waals surface area contributed by atoms with E-state index in [2.05, 4.69) is 27.4 Å². The second-order valence-electron chi connectivity index (χ2n) is 12.8. The van der Waals surface area contributed by atoms with Crippen LogP contribution < -0.4 is 9.47 Å². The van der Waals surface area contributed by atoms with Crippen molar-refractivity contribution in [2.45, 2.75) is 65.7 Å². The van der Waals surface area contributed by atoms with E-state index in [1.54, 1.807) is 60.7 Å². The fourth-order valence-corrected chi connectivity index (χ4v) is 4.98. The van der Waals surface area contributed by atoms with Gasteiger partial charge in [-0.05, 0) is 122 Å². The van der Waals surface area contributed by atoms with E-state index in [-0.39, 0.29) is 40.0 Å². The number of benzene rings is 4. The van der Waals surface area contributed by atoms with Crippen LogP contribution in [0.4, 0.5) is 0 Å². The monoisotopic (exact) mass is 706 g/mol. The summed E-state index contributed by atoms with van der Waals surface area (Å²) in [4.78, 5) is 24.7. The normalized spacial score (nSPS) is 11.2. The van der Waals surface area contributed by atoms with Crippen LogP contribution >= 0.6 is 0 Å². The molecule has 4 rings (SSSR count). The Morgan fingerprint density at radius 3 is 1.54 bits per heavy atom. The van der Waals surface area contributed by atoms with Gasteiger partial charge in [0.25, 0.3) is 0 Å². The Balaban J connectivity index is 0.000000281. The summed E-state index contributed by atoms with van der Waals surface area (Å²) >= 11 is 0. The fraction of sp³-hybridized carbons (Fsp3) is 0.273. The molecular weight excluding hydrogens is 656 g/mol. The van der Waals surface area contributed by atoms with Crippen LogP contribution in [0.5, 0.6) is 34.5 Å². The summed E-state index contributed by atoms with van der Waals surface area (Å²) in [7, 11) is 0. The van der Waals surface area contributed by atoms with Gasteiger partial charge in [-0.1, -0.05) is 40.7 Å². The smallest absolute Gasteiger partial charge is 0.185 e. The molecule has 0 bridgehead atoms. The molecule has 4 aromatic carbocycles. The Labute approximate surface area is 307 Å². The number of rotatable bonds is 16. The van der Waals surface area contributed by atoms with Gasteiger partial charge in [0.2, 0.25) is 0 Å². The number of aromatic hydroxyl groups is 4. The Kier molecular flexibility index (Phi) is 15.3. The van der Waals surface area contributed by atoms with Crippen LogP contribution in [0, 0.1) is 0 Å². The molecule has 274 valence electrons. The number of phenolic OH excluding ortho intramolecular Hbond substituents is 4. The largest absolute Gasteiger partial charge is 0.508 e. The fourth-order valence-electron chi connectivity index (χ4n) is 4.98. The van der Waals surface area contributed by atoms with Crippen molar-refractivity contribution in [3.63, 3.8) is 0 Å². The van der Waals surface area contributed by atoms with E-state index in [1.807, 2.05) is 19.9 Å². The van der Waals surface area contributed by atoms with Crippen LogP contribution in [0.15, 0.2) is 97.6 Å². The number of hydrogen-bond donors (Lipinski definition) is 4. The van der Waals surface area contributed by atoms with Crippen molar-refractivity contribution in [3.05, 3.63) is 131 Å². The Hall–Kier alpha value is -5.76. The van der Waals surface area contributed by atoms with Gasteiger partial charge in [-0.25, -0.2) is 0 Å². The van der Waals surface area contributed by atoms with E-state index in [0.717, 1.165) is 41.5 Å². The lowest BCUT2D eigenvalue weighted by Crippen LogP contribution is -2.16. The van der Waals surface area contributed by atoms with E-state index in [1.165, 1.54) is 36.4 Å². The first kappa shape index (κ1) is 40.7. The Bertz CT molecular complexity index is 1870. The van der Waals surface area contributed by atoms with Crippen LogP contribution in [-0.4, -0.2) is 45.2 Å². The second-order valence-corrected chi connectivity index (χ2v) is 12.8. The molecule has 8 heteroatoms. The summed E-state index contributed by atoms with van der Waals surface area (Å²) in [6.45, 7) is 15.0. The minimum absolute atomic E-state index is 0.114. The first-order chi connectivity index (χ1) is 24.8. The predicted molar refractivity (Wildman–Crippen MR) is 208 cm³/mol. The van der Waals surface area contributed by atoms with Gasteiger partial charge in [-0.2, -0.15) is 0 Å². The van der Waals surface area contributed by atoms with Gasteiger partial charge in [-0.3, -0.25) is 9.59 Å². The predicted octanol–water partition coefficient (Wildman–Crippen LogP) is 9.98. The number of carbonyl (C=O) groups is 2. The zero-order valence-corrected chi connectivity index (χ0v) is 30.7. The molecule has 0 atom stereocenters. The van der Waals surface area contributed by atoms with Gasteiger partial charge in [-0.15, -0.1) is 6.58 Å². The lowest BCUT2D eigenvalue weighted by molar-refractivity contribution is 0.103. The highest BCUT2D eigenvalue weighted by Gasteiger charge is 2.23. The van der Waals surface area contributed by atoms with Crippen LogP contribution in [-0.2, 0) is 11.8 Å². The molecule has 0 aliphatic carbocycles. The van der Waals surface area contributed by atoms with Gasteiger partial charge >= 0.3 is 0 Å². The molecule has 0 saturated heterocycles. The van der Waals surface area contributed by atoms with Crippen molar-refractivity contribution >= 4 is 23.7 Å². The van der Waals surface area contributed by atoms with Gasteiger partial charge in [0.05, 0.1) is 13.2 Å². The minimum Gasteiger partial charge on any atom is -0.508 e. The summed E-state index contributed by atoms with van der Waals surface area (Å²) in [5.74, 6) is 1.32. The molecule has 4 N–H and O–H groups in total. The lowest BCUT2D eigenvalue weighted by atomic mass is 9.81. The molecule has 0 heterocycles. The van der Waals surface area contributed by atoms with Gasteiger partial charge in [0, 0.05) is 39.9 Å². The Morgan fingerprint density at radius 2 is 1.12 bits per heavy atom. The van der Waals surface area contributed by atoms with Crippen molar-refractivity contribution in [1.29, 1.82) is 0 Å². The molecule has 0 aliphatic heterocycles. The average molecular weight is 707 g/mol. The van der Waals surface area contributed by atoms with Gasteiger partial charge in [0.1, 0.15) is 34.5 Å². The summed E-state index contributed by atoms with van der Waals surface area (Å²) < 4.78 is 11.4. The molecule has 52 heavy (non-hydrogen) atoms. The summed E-state index contributed by atoms with van der Waals surface area (Å²) in [6, 6.07) is 19.1. The topological polar surface area (TPSA) is 134 Å².